The SMILES string of the molecule is Cc1cccc(C(=O)NCc2ccc3cc(C(=O)Nc4ccccc4N)sc3c2)c1. The number of anilines is 2. The van der Waals surface area contributed by atoms with E-state index in [1.54, 1.807) is 18.2 Å². The predicted octanol–water partition coefficient (Wildman–Crippen LogP) is 4.97. The van der Waals surface area contributed by atoms with E-state index in [1.165, 1.54) is 11.3 Å². The molecule has 0 aliphatic carbocycles. The first-order chi connectivity index (χ1) is 14.5. The summed E-state index contributed by atoms with van der Waals surface area (Å²) in [5.74, 6) is -0.297. The van der Waals surface area contributed by atoms with E-state index >= 15 is 0 Å². The quantitative estimate of drug-likeness (QED) is 0.402. The summed E-state index contributed by atoms with van der Waals surface area (Å²) in [4.78, 5) is 25.6. The Hall–Kier alpha value is -3.64. The van der Waals surface area contributed by atoms with Crippen molar-refractivity contribution < 1.29 is 9.59 Å². The smallest absolute Gasteiger partial charge is 0.265 e. The van der Waals surface area contributed by atoms with Crippen molar-refractivity contribution in [3.05, 3.63) is 94.4 Å². The molecule has 0 radical (unpaired) electrons. The van der Waals surface area contributed by atoms with E-state index in [0.29, 0.717) is 28.4 Å². The highest BCUT2D eigenvalue weighted by molar-refractivity contribution is 7.20. The molecule has 4 rings (SSSR count). The van der Waals surface area contributed by atoms with Gasteiger partial charge in [-0.3, -0.25) is 9.59 Å². The number of aryl methyl sites for hydroxylation is 1. The molecule has 0 aliphatic heterocycles. The number of nitrogen functional groups attached to an aromatic ring is 1. The van der Waals surface area contributed by atoms with E-state index in [4.69, 9.17) is 5.73 Å². The van der Waals surface area contributed by atoms with Crippen LogP contribution in [-0.4, -0.2) is 11.8 Å². The molecule has 5 nitrogen and oxygen atoms in total. The van der Waals surface area contributed by atoms with Crippen LogP contribution in [0.15, 0.2) is 72.8 Å². The summed E-state index contributed by atoms with van der Waals surface area (Å²) < 4.78 is 0.989. The fraction of sp³-hybridized carbons (Fsp3) is 0.0833. The van der Waals surface area contributed by atoms with Crippen molar-refractivity contribution in [1.82, 2.24) is 5.32 Å². The van der Waals surface area contributed by atoms with Gasteiger partial charge >= 0.3 is 0 Å². The number of hydrogen-bond acceptors (Lipinski definition) is 4. The molecule has 30 heavy (non-hydrogen) atoms. The second-order valence-electron chi connectivity index (χ2n) is 7.08. The molecule has 2 amide bonds. The van der Waals surface area contributed by atoms with Gasteiger partial charge in [-0.25, -0.2) is 0 Å². The number of carbonyl (C=O) groups is 2. The largest absolute Gasteiger partial charge is 0.397 e. The molecule has 0 saturated heterocycles. The van der Waals surface area contributed by atoms with Crippen molar-refractivity contribution in [2.45, 2.75) is 13.5 Å². The van der Waals surface area contributed by atoms with Gasteiger partial charge in [0.1, 0.15) is 0 Å². The monoisotopic (exact) mass is 415 g/mol. The minimum absolute atomic E-state index is 0.106. The van der Waals surface area contributed by atoms with Crippen molar-refractivity contribution in [3.8, 4) is 0 Å². The van der Waals surface area contributed by atoms with Crippen LogP contribution in [0, 0.1) is 6.92 Å². The lowest BCUT2D eigenvalue weighted by molar-refractivity contribution is 0.0950. The van der Waals surface area contributed by atoms with Gasteiger partial charge in [0, 0.05) is 16.8 Å². The molecule has 4 aromatic rings. The van der Waals surface area contributed by atoms with Crippen molar-refractivity contribution in [3.63, 3.8) is 0 Å². The van der Waals surface area contributed by atoms with Gasteiger partial charge < -0.3 is 16.4 Å². The maximum Gasteiger partial charge on any atom is 0.265 e. The maximum atomic E-state index is 12.6. The summed E-state index contributed by atoms with van der Waals surface area (Å²) >= 11 is 1.41. The summed E-state index contributed by atoms with van der Waals surface area (Å²) in [5.41, 5.74) is 9.70. The Balaban J connectivity index is 1.46. The Morgan fingerprint density at radius 2 is 1.77 bits per heavy atom. The van der Waals surface area contributed by atoms with E-state index in [1.807, 2.05) is 61.5 Å². The molecule has 0 bridgehead atoms. The van der Waals surface area contributed by atoms with Crippen molar-refractivity contribution >= 4 is 44.6 Å². The molecular formula is C24H21N3O2S. The number of carbonyl (C=O) groups excluding carboxylic acids is 2. The number of hydrogen-bond donors (Lipinski definition) is 3. The first kappa shape index (κ1) is 19.7. The molecule has 0 fully saturated rings. The number of fused-ring (bicyclic) bond motifs is 1. The standard InChI is InChI=1S/C24H21N3O2S/c1-15-5-4-6-18(11-15)23(28)26-14-16-9-10-17-13-22(30-21(17)12-16)24(29)27-20-8-3-2-7-19(20)25/h2-13H,14,25H2,1H3,(H,26,28)(H,27,29). The van der Waals surface area contributed by atoms with E-state index < -0.39 is 0 Å². The minimum Gasteiger partial charge on any atom is -0.397 e. The van der Waals surface area contributed by atoms with E-state index in [9.17, 15) is 9.59 Å². The second kappa shape index (κ2) is 8.39. The Morgan fingerprint density at radius 1 is 0.933 bits per heavy atom. The Morgan fingerprint density at radius 3 is 2.57 bits per heavy atom. The zero-order valence-electron chi connectivity index (χ0n) is 16.4. The number of benzene rings is 3. The Kier molecular flexibility index (Phi) is 5.50. The third kappa shape index (κ3) is 4.34. The number of nitrogens with two attached hydrogens (primary N) is 1. The van der Waals surface area contributed by atoms with Gasteiger partial charge in [-0.1, -0.05) is 42.0 Å². The number of amides is 2. The molecule has 3 aromatic carbocycles. The van der Waals surface area contributed by atoms with Gasteiger partial charge in [0.25, 0.3) is 11.8 Å². The fourth-order valence-corrected chi connectivity index (χ4v) is 4.18. The molecule has 0 saturated carbocycles. The average molecular weight is 416 g/mol. The molecule has 4 N–H and O–H groups in total. The highest BCUT2D eigenvalue weighted by Crippen LogP contribution is 2.28. The van der Waals surface area contributed by atoms with Crippen LogP contribution in [-0.2, 0) is 6.54 Å². The number of thiophene rings is 1. The van der Waals surface area contributed by atoms with Gasteiger partial charge in [-0.05, 0) is 54.3 Å². The van der Waals surface area contributed by atoms with Crippen molar-refractivity contribution in [2.75, 3.05) is 11.1 Å². The van der Waals surface area contributed by atoms with Crippen LogP contribution in [0.3, 0.4) is 0 Å². The first-order valence-corrected chi connectivity index (χ1v) is 10.3. The second-order valence-corrected chi connectivity index (χ2v) is 8.16. The van der Waals surface area contributed by atoms with Crippen LogP contribution in [0.2, 0.25) is 0 Å². The molecular weight excluding hydrogens is 394 g/mol. The normalized spacial score (nSPS) is 10.7. The third-order valence-corrected chi connectivity index (χ3v) is 5.85. The number of nitrogens with one attached hydrogen (secondary N) is 2. The predicted molar refractivity (Wildman–Crippen MR) is 123 cm³/mol. The Bertz CT molecular complexity index is 1250. The van der Waals surface area contributed by atoms with Crippen molar-refractivity contribution in [1.29, 1.82) is 0 Å². The lowest BCUT2D eigenvalue weighted by Gasteiger charge is -2.06. The molecule has 1 aromatic heterocycles. The number of rotatable bonds is 5. The summed E-state index contributed by atoms with van der Waals surface area (Å²) in [5, 5.41) is 6.79. The highest BCUT2D eigenvalue weighted by atomic mass is 32.1. The third-order valence-electron chi connectivity index (χ3n) is 4.75. The van der Waals surface area contributed by atoms with Crippen LogP contribution in [0.4, 0.5) is 11.4 Å². The summed E-state index contributed by atoms with van der Waals surface area (Å²) in [6, 6.07) is 22.5. The molecule has 6 heteroatoms. The van der Waals surface area contributed by atoms with E-state index in [0.717, 1.165) is 21.2 Å². The fourth-order valence-electron chi connectivity index (χ4n) is 3.16. The minimum atomic E-state index is -0.191. The van der Waals surface area contributed by atoms with E-state index in [2.05, 4.69) is 10.6 Å². The molecule has 0 aliphatic rings. The highest BCUT2D eigenvalue weighted by Gasteiger charge is 2.12. The summed E-state index contributed by atoms with van der Waals surface area (Å²) in [6.45, 7) is 2.38. The van der Waals surface area contributed by atoms with E-state index in [-0.39, 0.29) is 11.8 Å². The molecule has 0 atom stereocenters. The first-order valence-electron chi connectivity index (χ1n) is 9.53. The van der Waals surface area contributed by atoms with Crippen LogP contribution in [0.1, 0.15) is 31.2 Å². The van der Waals surface area contributed by atoms with Crippen LogP contribution in [0.25, 0.3) is 10.1 Å². The average Bonchev–Trinajstić information content (AvgIpc) is 3.17. The van der Waals surface area contributed by atoms with Crippen LogP contribution < -0.4 is 16.4 Å². The molecule has 1 heterocycles. The molecule has 150 valence electrons. The number of para-hydroxylation sites is 2. The summed E-state index contributed by atoms with van der Waals surface area (Å²) in [7, 11) is 0. The van der Waals surface area contributed by atoms with Gasteiger partial charge in [0.2, 0.25) is 0 Å². The molecule has 0 spiro atoms. The lowest BCUT2D eigenvalue weighted by Crippen LogP contribution is -2.22. The zero-order chi connectivity index (χ0) is 21.1. The van der Waals surface area contributed by atoms with Crippen LogP contribution in [0.5, 0.6) is 0 Å². The van der Waals surface area contributed by atoms with Gasteiger partial charge in [-0.2, -0.15) is 0 Å². The van der Waals surface area contributed by atoms with Gasteiger partial charge in [0.05, 0.1) is 16.3 Å². The van der Waals surface area contributed by atoms with Crippen LogP contribution >= 0.6 is 11.3 Å². The van der Waals surface area contributed by atoms with Gasteiger partial charge in [0.15, 0.2) is 0 Å². The van der Waals surface area contributed by atoms with Gasteiger partial charge in [-0.15, -0.1) is 11.3 Å². The van der Waals surface area contributed by atoms with Crippen molar-refractivity contribution in [2.24, 2.45) is 0 Å². The lowest BCUT2D eigenvalue weighted by atomic mass is 10.1. The topological polar surface area (TPSA) is 84.2 Å². The summed E-state index contributed by atoms with van der Waals surface area (Å²) in [6.07, 6.45) is 0. The maximum absolute atomic E-state index is 12.6. The molecule has 0 unspecified atom stereocenters. The zero-order valence-corrected chi connectivity index (χ0v) is 17.3. The Labute approximate surface area is 178 Å².